The van der Waals surface area contributed by atoms with E-state index in [2.05, 4.69) is 17.4 Å². The molecule has 1 atom stereocenters. The van der Waals surface area contributed by atoms with Crippen LogP contribution in [0.4, 0.5) is 0 Å². The molecule has 0 saturated heterocycles. The minimum Gasteiger partial charge on any atom is -0.234 e. The molecule has 0 heterocycles. The first-order chi connectivity index (χ1) is 7.30. The van der Waals surface area contributed by atoms with Gasteiger partial charge in [0.25, 0.3) is 0 Å². The highest BCUT2D eigenvalue weighted by atomic mass is 32.2. The van der Waals surface area contributed by atoms with Crippen molar-refractivity contribution in [3.63, 3.8) is 0 Å². The van der Waals surface area contributed by atoms with E-state index in [1.54, 1.807) is 6.21 Å². The SMILES string of the molecule is Cc1ccc(/C=N/[S@](=O)C(C)(C)C)c(C)c1. The summed E-state index contributed by atoms with van der Waals surface area (Å²) in [5, 5.41) is 0. The maximum Gasteiger partial charge on any atom is 0.144 e. The zero-order valence-electron chi connectivity index (χ0n) is 10.6. The number of benzene rings is 1. The van der Waals surface area contributed by atoms with Gasteiger partial charge in [0.05, 0.1) is 4.75 Å². The van der Waals surface area contributed by atoms with Crippen molar-refractivity contribution < 1.29 is 4.21 Å². The monoisotopic (exact) mass is 237 g/mol. The van der Waals surface area contributed by atoms with Crippen molar-refractivity contribution >= 4 is 17.2 Å². The lowest BCUT2D eigenvalue weighted by molar-refractivity contribution is 0.651. The molecule has 0 spiro atoms. The summed E-state index contributed by atoms with van der Waals surface area (Å²) in [5.74, 6) is 0. The van der Waals surface area contributed by atoms with Crippen molar-refractivity contribution in [3.8, 4) is 0 Å². The van der Waals surface area contributed by atoms with E-state index >= 15 is 0 Å². The first kappa shape index (κ1) is 13.1. The molecule has 1 aromatic carbocycles. The molecule has 1 aromatic rings. The van der Waals surface area contributed by atoms with Crippen LogP contribution >= 0.6 is 0 Å². The maximum atomic E-state index is 11.7. The fourth-order valence-electron chi connectivity index (χ4n) is 1.23. The van der Waals surface area contributed by atoms with Crippen LogP contribution in [-0.2, 0) is 11.0 Å². The Morgan fingerprint density at radius 1 is 1.25 bits per heavy atom. The van der Waals surface area contributed by atoms with Crippen molar-refractivity contribution in [1.82, 2.24) is 0 Å². The summed E-state index contributed by atoms with van der Waals surface area (Å²) in [6.45, 7) is 9.85. The predicted octanol–water partition coefficient (Wildman–Crippen LogP) is 3.18. The minimum absolute atomic E-state index is 0.297. The minimum atomic E-state index is -1.18. The van der Waals surface area contributed by atoms with Crippen molar-refractivity contribution in [2.75, 3.05) is 0 Å². The van der Waals surface area contributed by atoms with Gasteiger partial charge in [0.2, 0.25) is 0 Å². The smallest absolute Gasteiger partial charge is 0.144 e. The molecule has 0 aromatic heterocycles. The first-order valence-electron chi connectivity index (χ1n) is 5.34. The van der Waals surface area contributed by atoms with E-state index < -0.39 is 11.0 Å². The fourth-order valence-corrected chi connectivity index (χ4v) is 1.76. The van der Waals surface area contributed by atoms with Gasteiger partial charge in [0.15, 0.2) is 0 Å². The lowest BCUT2D eigenvalue weighted by atomic mass is 10.1. The summed E-state index contributed by atoms with van der Waals surface area (Å²) in [4.78, 5) is 0. The van der Waals surface area contributed by atoms with E-state index in [0.29, 0.717) is 0 Å². The maximum absolute atomic E-state index is 11.7. The van der Waals surface area contributed by atoms with Gasteiger partial charge in [-0.15, -0.1) is 0 Å². The van der Waals surface area contributed by atoms with E-state index in [1.807, 2.05) is 39.8 Å². The van der Waals surface area contributed by atoms with Crippen LogP contribution in [-0.4, -0.2) is 15.2 Å². The second kappa shape index (κ2) is 4.91. The molecule has 88 valence electrons. The molecule has 0 aliphatic rings. The standard InChI is InChI=1S/C13H19NOS/c1-10-6-7-12(11(2)8-10)9-14-16(15)13(3,4)5/h6-9H,1-5H3/b14-9+/t16-/m1/s1. The van der Waals surface area contributed by atoms with Crippen LogP contribution in [0.5, 0.6) is 0 Å². The van der Waals surface area contributed by atoms with Gasteiger partial charge in [-0.3, -0.25) is 0 Å². The molecular formula is C13H19NOS. The molecule has 2 nitrogen and oxygen atoms in total. The number of aryl methyl sites for hydroxylation is 2. The molecule has 0 aliphatic heterocycles. The van der Waals surface area contributed by atoms with Gasteiger partial charge in [0, 0.05) is 6.21 Å². The second-order valence-electron chi connectivity index (χ2n) is 4.96. The van der Waals surface area contributed by atoms with Crippen LogP contribution < -0.4 is 0 Å². The van der Waals surface area contributed by atoms with Crippen LogP contribution in [0.2, 0.25) is 0 Å². The zero-order valence-corrected chi connectivity index (χ0v) is 11.4. The van der Waals surface area contributed by atoms with Crippen LogP contribution in [0.25, 0.3) is 0 Å². The molecule has 3 heteroatoms. The Bertz CT molecular complexity index is 430. The van der Waals surface area contributed by atoms with Gasteiger partial charge < -0.3 is 0 Å². The van der Waals surface area contributed by atoms with Crippen LogP contribution in [0.15, 0.2) is 22.6 Å². The largest absolute Gasteiger partial charge is 0.234 e. The highest BCUT2D eigenvalue weighted by Gasteiger charge is 2.18. The molecular weight excluding hydrogens is 218 g/mol. The quantitative estimate of drug-likeness (QED) is 0.726. The average molecular weight is 237 g/mol. The van der Waals surface area contributed by atoms with E-state index in [-0.39, 0.29) is 4.75 Å². The number of nitrogens with zero attached hydrogens (tertiary/aromatic N) is 1. The normalized spacial score (nSPS) is 14.3. The third-order valence-corrected chi connectivity index (χ3v) is 3.58. The fraction of sp³-hybridized carbons (Fsp3) is 0.462. The molecule has 0 bridgehead atoms. The van der Waals surface area contributed by atoms with Crippen LogP contribution in [0, 0.1) is 13.8 Å². The van der Waals surface area contributed by atoms with Crippen molar-refractivity contribution in [2.45, 2.75) is 39.4 Å². The number of hydrogen-bond acceptors (Lipinski definition) is 1. The van der Waals surface area contributed by atoms with Gasteiger partial charge in [0.1, 0.15) is 11.0 Å². The molecule has 16 heavy (non-hydrogen) atoms. The molecule has 0 fully saturated rings. The Morgan fingerprint density at radius 2 is 1.88 bits per heavy atom. The zero-order chi connectivity index (χ0) is 12.3. The van der Waals surface area contributed by atoms with Crippen molar-refractivity contribution in [2.24, 2.45) is 4.40 Å². The third kappa shape index (κ3) is 3.56. The van der Waals surface area contributed by atoms with Gasteiger partial charge in [-0.05, 0) is 45.7 Å². The molecule has 0 saturated carbocycles. The summed E-state index contributed by atoms with van der Waals surface area (Å²) < 4.78 is 15.5. The average Bonchev–Trinajstić information content (AvgIpc) is 2.14. The van der Waals surface area contributed by atoms with E-state index in [4.69, 9.17) is 0 Å². The van der Waals surface area contributed by atoms with Gasteiger partial charge in [-0.1, -0.05) is 23.8 Å². The van der Waals surface area contributed by atoms with Crippen molar-refractivity contribution in [3.05, 3.63) is 34.9 Å². The summed E-state index contributed by atoms with van der Waals surface area (Å²) in [7, 11) is -1.18. The summed E-state index contributed by atoms with van der Waals surface area (Å²) in [6, 6.07) is 6.14. The van der Waals surface area contributed by atoms with Gasteiger partial charge >= 0.3 is 0 Å². The molecule has 0 N–H and O–H groups in total. The molecule has 0 aliphatic carbocycles. The summed E-state index contributed by atoms with van der Waals surface area (Å²) in [5.41, 5.74) is 3.42. The topological polar surface area (TPSA) is 29.4 Å². The number of rotatable bonds is 2. The van der Waals surface area contributed by atoms with Gasteiger partial charge in [-0.25, -0.2) is 4.21 Å². The Morgan fingerprint density at radius 3 is 2.38 bits per heavy atom. The first-order valence-corrected chi connectivity index (χ1v) is 6.45. The Kier molecular flexibility index (Phi) is 4.03. The second-order valence-corrected chi connectivity index (χ2v) is 6.89. The lowest BCUT2D eigenvalue weighted by Crippen LogP contribution is -2.19. The molecule has 0 amide bonds. The Balaban J connectivity index is 2.89. The van der Waals surface area contributed by atoms with E-state index in [1.165, 1.54) is 5.56 Å². The van der Waals surface area contributed by atoms with Gasteiger partial charge in [-0.2, -0.15) is 4.40 Å². The van der Waals surface area contributed by atoms with E-state index in [0.717, 1.165) is 11.1 Å². The highest BCUT2D eigenvalue weighted by molar-refractivity contribution is 7.85. The van der Waals surface area contributed by atoms with Crippen LogP contribution in [0.1, 0.15) is 37.5 Å². The van der Waals surface area contributed by atoms with Crippen LogP contribution in [0.3, 0.4) is 0 Å². The summed E-state index contributed by atoms with van der Waals surface area (Å²) >= 11 is 0. The Labute approximate surface area is 100 Å². The van der Waals surface area contributed by atoms with Crippen molar-refractivity contribution in [1.29, 1.82) is 0 Å². The molecule has 1 rings (SSSR count). The molecule has 0 radical (unpaired) electrons. The van der Waals surface area contributed by atoms with E-state index in [9.17, 15) is 4.21 Å². The predicted molar refractivity (Wildman–Crippen MR) is 71.4 cm³/mol. The number of hydrogen-bond donors (Lipinski definition) is 0. The highest BCUT2D eigenvalue weighted by Crippen LogP contribution is 2.13. The third-order valence-electron chi connectivity index (χ3n) is 2.24. The Hall–Kier alpha value is -0.960. The lowest BCUT2D eigenvalue weighted by Gasteiger charge is -2.12. The molecule has 0 unspecified atom stereocenters. The summed E-state index contributed by atoms with van der Waals surface area (Å²) in [6.07, 6.45) is 1.70.